The summed E-state index contributed by atoms with van der Waals surface area (Å²) in [6.45, 7) is 4.40. The van der Waals surface area contributed by atoms with E-state index in [0.717, 1.165) is 0 Å². The predicted octanol–water partition coefficient (Wildman–Crippen LogP) is 0.144. The highest BCUT2D eigenvalue weighted by Gasteiger charge is 2.14. The molecular weight excluding hydrogens is 262 g/mol. The smallest absolute Gasteiger partial charge is 0.323 e. The molecule has 0 spiro atoms. The number of anilines is 2. The highest BCUT2D eigenvalue weighted by molar-refractivity contribution is 5.37. The Balaban J connectivity index is 2.86. The molecule has 114 valence electrons. The van der Waals surface area contributed by atoms with E-state index in [9.17, 15) is 5.11 Å². The van der Waals surface area contributed by atoms with Gasteiger partial charge in [-0.1, -0.05) is 0 Å². The van der Waals surface area contributed by atoms with Crippen molar-refractivity contribution >= 4 is 11.9 Å². The lowest BCUT2D eigenvalue weighted by Crippen LogP contribution is -2.33. The molecule has 0 saturated heterocycles. The van der Waals surface area contributed by atoms with Crippen molar-refractivity contribution in [3.8, 4) is 6.01 Å². The first-order valence-corrected chi connectivity index (χ1v) is 6.44. The third-order valence-electron chi connectivity index (χ3n) is 2.35. The van der Waals surface area contributed by atoms with E-state index in [0.29, 0.717) is 18.4 Å². The zero-order chi connectivity index (χ0) is 15.1. The molecule has 0 aliphatic heterocycles. The maximum Gasteiger partial charge on any atom is 0.323 e. The zero-order valence-corrected chi connectivity index (χ0v) is 12.6. The molecule has 0 aliphatic carbocycles. The van der Waals surface area contributed by atoms with Gasteiger partial charge >= 0.3 is 6.01 Å². The van der Waals surface area contributed by atoms with Crippen molar-refractivity contribution in [3.05, 3.63) is 0 Å². The molecule has 0 radical (unpaired) electrons. The molecule has 1 heterocycles. The van der Waals surface area contributed by atoms with Gasteiger partial charge in [0.05, 0.1) is 18.8 Å². The lowest BCUT2D eigenvalue weighted by atomic mass is 10.3. The number of nitrogens with zero attached hydrogens (tertiary/aromatic N) is 4. The van der Waals surface area contributed by atoms with Crippen LogP contribution in [0.3, 0.4) is 0 Å². The van der Waals surface area contributed by atoms with Crippen LogP contribution in [0.5, 0.6) is 6.01 Å². The van der Waals surface area contributed by atoms with Crippen LogP contribution >= 0.6 is 0 Å². The fourth-order valence-corrected chi connectivity index (χ4v) is 1.53. The Kier molecular flexibility index (Phi) is 6.40. The molecule has 0 saturated carbocycles. The van der Waals surface area contributed by atoms with Crippen molar-refractivity contribution in [1.29, 1.82) is 0 Å². The third kappa shape index (κ3) is 5.14. The molecule has 0 aliphatic rings. The second-order valence-corrected chi connectivity index (χ2v) is 4.65. The van der Waals surface area contributed by atoms with Crippen molar-refractivity contribution in [3.63, 3.8) is 0 Å². The highest BCUT2D eigenvalue weighted by atomic mass is 16.5. The standard InChI is InChI=1S/C12H23N5O3/c1-8(2)20-12-15-10(13-3)14-11(16-12)17(4)6-9(18)7-19-5/h8-9,18H,6-7H2,1-5H3,(H,13,14,15,16). The number of rotatable bonds is 8. The first-order valence-electron chi connectivity index (χ1n) is 6.44. The van der Waals surface area contributed by atoms with Gasteiger partial charge in [0.1, 0.15) is 0 Å². The molecule has 1 aromatic rings. The summed E-state index contributed by atoms with van der Waals surface area (Å²) in [7, 11) is 5.05. The maximum atomic E-state index is 9.74. The Bertz CT molecular complexity index is 416. The number of hydrogen-bond acceptors (Lipinski definition) is 8. The van der Waals surface area contributed by atoms with Crippen LogP contribution in [0.1, 0.15) is 13.8 Å². The van der Waals surface area contributed by atoms with Crippen molar-refractivity contribution in [2.75, 3.05) is 44.6 Å². The topological polar surface area (TPSA) is 92.6 Å². The number of aliphatic hydroxyl groups is 1. The minimum atomic E-state index is -0.616. The number of hydrogen-bond donors (Lipinski definition) is 2. The molecule has 8 nitrogen and oxygen atoms in total. The molecule has 20 heavy (non-hydrogen) atoms. The van der Waals surface area contributed by atoms with E-state index in [-0.39, 0.29) is 18.7 Å². The molecule has 1 unspecified atom stereocenters. The van der Waals surface area contributed by atoms with Gasteiger partial charge in [-0.15, -0.1) is 0 Å². The van der Waals surface area contributed by atoms with Gasteiger partial charge in [-0.25, -0.2) is 0 Å². The van der Waals surface area contributed by atoms with E-state index in [1.807, 2.05) is 13.8 Å². The Hall–Kier alpha value is -1.67. The van der Waals surface area contributed by atoms with E-state index < -0.39 is 6.10 Å². The SMILES string of the molecule is CNc1nc(OC(C)C)nc(N(C)CC(O)COC)n1. The van der Waals surface area contributed by atoms with E-state index in [1.54, 1.807) is 26.1 Å². The number of methoxy groups -OCH3 is 1. The number of aliphatic hydroxyl groups excluding tert-OH is 1. The summed E-state index contributed by atoms with van der Waals surface area (Å²) in [4.78, 5) is 14.3. The Labute approximate surface area is 119 Å². The number of likely N-dealkylation sites (N-methyl/N-ethyl adjacent to an activating group) is 1. The first kappa shape index (κ1) is 16.4. The van der Waals surface area contributed by atoms with E-state index in [1.165, 1.54) is 0 Å². The molecule has 8 heteroatoms. The minimum absolute atomic E-state index is 0.0284. The summed E-state index contributed by atoms with van der Waals surface area (Å²) in [6.07, 6.45) is -0.645. The van der Waals surface area contributed by atoms with Gasteiger partial charge in [0.15, 0.2) is 0 Å². The normalized spacial score (nSPS) is 12.3. The van der Waals surface area contributed by atoms with Gasteiger partial charge in [0, 0.05) is 27.7 Å². The Morgan fingerprint density at radius 2 is 2.00 bits per heavy atom. The van der Waals surface area contributed by atoms with Crippen LogP contribution in [0.4, 0.5) is 11.9 Å². The summed E-state index contributed by atoms with van der Waals surface area (Å²) in [5, 5.41) is 12.6. The second-order valence-electron chi connectivity index (χ2n) is 4.65. The van der Waals surface area contributed by atoms with Crippen molar-refractivity contribution in [2.45, 2.75) is 26.1 Å². The van der Waals surface area contributed by atoms with Crippen LogP contribution in [-0.4, -0.2) is 66.6 Å². The molecule has 1 aromatic heterocycles. The summed E-state index contributed by atoms with van der Waals surface area (Å²) >= 11 is 0. The molecule has 1 atom stereocenters. The van der Waals surface area contributed by atoms with Crippen molar-refractivity contribution < 1.29 is 14.6 Å². The largest absolute Gasteiger partial charge is 0.461 e. The maximum absolute atomic E-state index is 9.74. The molecule has 0 amide bonds. The lowest BCUT2D eigenvalue weighted by Gasteiger charge is -2.21. The monoisotopic (exact) mass is 285 g/mol. The third-order valence-corrected chi connectivity index (χ3v) is 2.35. The van der Waals surface area contributed by atoms with Gasteiger partial charge in [-0.3, -0.25) is 0 Å². The van der Waals surface area contributed by atoms with E-state index in [2.05, 4.69) is 20.3 Å². The molecule has 1 rings (SSSR count). The van der Waals surface area contributed by atoms with E-state index >= 15 is 0 Å². The lowest BCUT2D eigenvalue weighted by molar-refractivity contribution is 0.0693. The second kappa shape index (κ2) is 7.81. The van der Waals surface area contributed by atoms with Crippen LogP contribution in [0, 0.1) is 0 Å². The fraction of sp³-hybridized carbons (Fsp3) is 0.750. The van der Waals surface area contributed by atoms with Gasteiger partial charge < -0.3 is 24.8 Å². The predicted molar refractivity (Wildman–Crippen MR) is 76.3 cm³/mol. The molecule has 0 bridgehead atoms. The summed E-state index contributed by atoms with van der Waals surface area (Å²) in [5.41, 5.74) is 0. The van der Waals surface area contributed by atoms with Crippen LogP contribution in [-0.2, 0) is 4.74 Å². The van der Waals surface area contributed by atoms with Crippen LogP contribution in [0.25, 0.3) is 0 Å². The fourth-order valence-electron chi connectivity index (χ4n) is 1.53. The van der Waals surface area contributed by atoms with Gasteiger partial charge in [-0.2, -0.15) is 15.0 Å². The van der Waals surface area contributed by atoms with Gasteiger partial charge in [0.2, 0.25) is 11.9 Å². The van der Waals surface area contributed by atoms with Crippen LogP contribution < -0.4 is 15.0 Å². The van der Waals surface area contributed by atoms with Crippen LogP contribution in [0.2, 0.25) is 0 Å². The minimum Gasteiger partial charge on any atom is -0.461 e. The van der Waals surface area contributed by atoms with Crippen molar-refractivity contribution in [1.82, 2.24) is 15.0 Å². The summed E-state index contributed by atoms with van der Waals surface area (Å²) < 4.78 is 10.4. The average Bonchev–Trinajstić information content (AvgIpc) is 2.37. The molecule has 0 fully saturated rings. The summed E-state index contributed by atoms with van der Waals surface area (Å²) in [6, 6.07) is 0.252. The van der Waals surface area contributed by atoms with E-state index in [4.69, 9.17) is 9.47 Å². The molecular formula is C12H23N5O3. The molecule has 2 N–H and O–H groups in total. The molecule has 0 aromatic carbocycles. The number of ether oxygens (including phenoxy) is 2. The highest BCUT2D eigenvalue weighted by Crippen LogP contribution is 2.15. The zero-order valence-electron chi connectivity index (χ0n) is 12.6. The van der Waals surface area contributed by atoms with Gasteiger partial charge in [-0.05, 0) is 13.8 Å². The average molecular weight is 285 g/mol. The first-order chi connectivity index (χ1) is 9.46. The van der Waals surface area contributed by atoms with Crippen molar-refractivity contribution in [2.24, 2.45) is 0 Å². The van der Waals surface area contributed by atoms with Crippen LogP contribution in [0.15, 0.2) is 0 Å². The summed E-state index contributed by atoms with van der Waals surface area (Å²) in [5.74, 6) is 0.842. The number of nitrogens with one attached hydrogen (secondary N) is 1. The Morgan fingerprint density at radius 1 is 1.30 bits per heavy atom. The quantitative estimate of drug-likeness (QED) is 0.697. The van der Waals surface area contributed by atoms with Gasteiger partial charge in [0.25, 0.3) is 0 Å². The Morgan fingerprint density at radius 3 is 2.55 bits per heavy atom. The number of aromatic nitrogens is 3.